The van der Waals surface area contributed by atoms with Gasteiger partial charge in [-0.05, 0) is 32.3 Å². The van der Waals surface area contributed by atoms with Gasteiger partial charge in [-0.25, -0.2) is 4.79 Å². The fourth-order valence-electron chi connectivity index (χ4n) is 1.40. The van der Waals surface area contributed by atoms with Crippen molar-refractivity contribution in [1.82, 2.24) is 0 Å². The molecular formula is C10H16O3. The van der Waals surface area contributed by atoms with E-state index in [1.807, 2.05) is 6.92 Å². The molecule has 74 valence electrons. The van der Waals surface area contributed by atoms with E-state index in [9.17, 15) is 4.79 Å². The molecule has 0 bridgehead atoms. The van der Waals surface area contributed by atoms with Crippen molar-refractivity contribution in [2.45, 2.75) is 32.8 Å². The topological polar surface area (TPSA) is 35.5 Å². The lowest BCUT2D eigenvalue weighted by molar-refractivity contribution is -0.137. The highest BCUT2D eigenvalue weighted by Gasteiger charge is 2.17. The Labute approximate surface area is 78.7 Å². The Bertz CT molecular complexity index is 202. The largest absolute Gasteiger partial charge is 0.463 e. The molecule has 3 heteroatoms. The summed E-state index contributed by atoms with van der Waals surface area (Å²) in [6.07, 6.45) is 3.75. The molecule has 1 saturated heterocycles. The number of carbonyl (C=O) groups excluding carboxylic acids is 1. The minimum absolute atomic E-state index is 0.129. The average Bonchev–Trinajstić information content (AvgIpc) is 2.55. The van der Waals surface area contributed by atoms with Crippen molar-refractivity contribution in [3.63, 3.8) is 0 Å². The number of carbonyl (C=O) groups is 1. The van der Waals surface area contributed by atoms with E-state index in [2.05, 4.69) is 0 Å². The van der Waals surface area contributed by atoms with Gasteiger partial charge < -0.3 is 9.47 Å². The standard InChI is InChI=1S/C10H16O3/c1-3-12-10(11)7-8(2)9-5-4-6-13-9/h7,9H,3-6H2,1-2H3/b8-7-. The van der Waals surface area contributed by atoms with Crippen LogP contribution in [0.25, 0.3) is 0 Å². The van der Waals surface area contributed by atoms with E-state index < -0.39 is 0 Å². The summed E-state index contributed by atoms with van der Waals surface area (Å²) in [4.78, 5) is 11.1. The molecule has 0 amide bonds. The molecule has 0 saturated carbocycles. The van der Waals surface area contributed by atoms with Gasteiger partial charge in [-0.3, -0.25) is 0 Å². The van der Waals surface area contributed by atoms with Gasteiger partial charge in [0.1, 0.15) is 0 Å². The van der Waals surface area contributed by atoms with Gasteiger partial charge in [0.25, 0.3) is 0 Å². The number of hydrogen-bond acceptors (Lipinski definition) is 3. The molecule has 0 aliphatic carbocycles. The molecule has 13 heavy (non-hydrogen) atoms. The number of rotatable bonds is 3. The van der Waals surface area contributed by atoms with Gasteiger partial charge in [-0.1, -0.05) is 0 Å². The van der Waals surface area contributed by atoms with E-state index in [1.165, 1.54) is 6.08 Å². The summed E-state index contributed by atoms with van der Waals surface area (Å²) in [6, 6.07) is 0. The lowest BCUT2D eigenvalue weighted by Crippen LogP contribution is -2.09. The Morgan fingerprint density at radius 2 is 2.46 bits per heavy atom. The third-order valence-electron chi connectivity index (χ3n) is 2.07. The first-order valence-electron chi connectivity index (χ1n) is 4.70. The van der Waals surface area contributed by atoms with Crippen LogP contribution in [0.4, 0.5) is 0 Å². The second-order valence-electron chi connectivity index (χ2n) is 3.14. The maximum atomic E-state index is 11.1. The molecule has 1 fully saturated rings. The SMILES string of the molecule is CCOC(=O)/C=C(/C)C1CCCO1. The summed E-state index contributed by atoms with van der Waals surface area (Å²) in [6.45, 7) is 4.94. The maximum Gasteiger partial charge on any atom is 0.330 e. The molecule has 0 aromatic carbocycles. The summed E-state index contributed by atoms with van der Waals surface area (Å²) in [5.41, 5.74) is 0.968. The normalized spacial score (nSPS) is 23.2. The van der Waals surface area contributed by atoms with Crippen LogP contribution in [0.5, 0.6) is 0 Å². The van der Waals surface area contributed by atoms with E-state index >= 15 is 0 Å². The second kappa shape index (κ2) is 5.02. The lowest BCUT2D eigenvalue weighted by Gasteiger charge is -2.08. The van der Waals surface area contributed by atoms with Crippen molar-refractivity contribution in [3.05, 3.63) is 11.6 Å². The highest BCUT2D eigenvalue weighted by molar-refractivity contribution is 5.82. The molecule has 1 aliphatic rings. The third kappa shape index (κ3) is 3.19. The van der Waals surface area contributed by atoms with Gasteiger partial charge in [0.2, 0.25) is 0 Å². The van der Waals surface area contributed by atoms with E-state index in [0.717, 1.165) is 25.0 Å². The Kier molecular flexibility index (Phi) is 3.96. The molecule has 1 atom stereocenters. The van der Waals surface area contributed by atoms with E-state index in [0.29, 0.717) is 6.61 Å². The zero-order valence-electron chi connectivity index (χ0n) is 8.21. The summed E-state index contributed by atoms with van der Waals surface area (Å²) >= 11 is 0. The Hall–Kier alpha value is -0.830. The highest BCUT2D eigenvalue weighted by atomic mass is 16.5. The highest BCUT2D eigenvalue weighted by Crippen LogP contribution is 2.19. The third-order valence-corrected chi connectivity index (χ3v) is 2.07. The molecule has 0 aromatic heterocycles. The summed E-state index contributed by atoms with van der Waals surface area (Å²) in [7, 11) is 0. The number of esters is 1. The maximum absolute atomic E-state index is 11.1. The van der Waals surface area contributed by atoms with Crippen molar-refractivity contribution >= 4 is 5.97 Å². The number of hydrogen-bond donors (Lipinski definition) is 0. The van der Waals surface area contributed by atoms with Crippen LogP contribution in [0, 0.1) is 0 Å². The van der Waals surface area contributed by atoms with Gasteiger partial charge >= 0.3 is 5.97 Å². The van der Waals surface area contributed by atoms with Crippen LogP contribution >= 0.6 is 0 Å². The first-order valence-corrected chi connectivity index (χ1v) is 4.70. The van der Waals surface area contributed by atoms with Crippen LogP contribution in [0.2, 0.25) is 0 Å². The minimum atomic E-state index is -0.268. The molecule has 3 nitrogen and oxygen atoms in total. The molecule has 0 radical (unpaired) electrons. The minimum Gasteiger partial charge on any atom is -0.463 e. The van der Waals surface area contributed by atoms with Crippen LogP contribution in [0.3, 0.4) is 0 Å². The quantitative estimate of drug-likeness (QED) is 0.494. The van der Waals surface area contributed by atoms with Crippen molar-refractivity contribution < 1.29 is 14.3 Å². The zero-order chi connectivity index (χ0) is 9.68. The smallest absolute Gasteiger partial charge is 0.330 e. The van der Waals surface area contributed by atoms with Crippen molar-refractivity contribution in [1.29, 1.82) is 0 Å². The molecular weight excluding hydrogens is 168 g/mol. The van der Waals surface area contributed by atoms with Gasteiger partial charge in [-0.15, -0.1) is 0 Å². The van der Waals surface area contributed by atoms with Crippen molar-refractivity contribution in [2.24, 2.45) is 0 Å². The first kappa shape index (κ1) is 10.3. The fraction of sp³-hybridized carbons (Fsp3) is 0.700. The van der Waals surface area contributed by atoms with Gasteiger partial charge in [0.15, 0.2) is 0 Å². The molecule has 0 aromatic rings. The average molecular weight is 184 g/mol. The van der Waals surface area contributed by atoms with Crippen molar-refractivity contribution in [3.8, 4) is 0 Å². The molecule has 1 heterocycles. The summed E-state index contributed by atoms with van der Waals surface area (Å²) in [5, 5.41) is 0. The molecule has 1 aliphatic heterocycles. The predicted octanol–water partition coefficient (Wildman–Crippen LogP) is 1.67. The van der Waals surface area contributed by atoms with Gasteiger partial charge in [-0.2, -0.15) is 0 Å². The summed E-state index contributed by atoms with van der Waals surface area (Å²) < 4.78 is 10.2. The van der Waals surface area contributed by atoms with E-state index in [-0.39, 0.29) is 12.1 Å². The monoisotopic (exact) mass is 184 g/mol. The lowest BCUT2D eigenvalue weighted by atomic mass is 10.1. The molecule has 1 rings (SSSR count). The molecule has 0 spiro atoms. The summed E-state index contributed by atoms with van der Waals surface area (Å²) in [5.74, 6) is -0.268. The molecule has 1 unspecified atom stereocenters. The predicted molar refractivity (Wildman–Crippen MR) is 49.4 cm³/mol. The fourth-order valence-corrected chi connectivity index (χ4v) is 1.40. The van der Waals surface area contributed by atoms with Crippen LogP contribution in [-0.2, 0) is 14.3 Å². The van der Waals surface area contributed by atoms with Crippen LogP contribution in [0.1, 0.15) is 26.7 Å². The van der Waals surface area contributed by atoms with Gasteiger partial charge in [0.05, 0.1) is 12.7 Å². The van der Waals surface area contributed by atoms with E-state index in [4.69, 9.17) is 9.47 Å². The van der Waals surface area contributed by atoms with E-state index in [1.54, 1.807) is 6.92 Å². The Morgan fingerprint density at radius 1 is 1.69 bits per heavy atom. The van der Waals surface area contributed by atoms with Crippen LogP contribution in [0.15, 0.2) is 11.6 Å². The number of ether oxygens (including phenoxy) is 2. The zero-order valence-corrected chi connectivity index (χ0v) is 8.21. The van der Waals surface area contributed by atoms with Crippen LogP contribution in [-0.4, -0.2) is 25.3 Å². The molecule has 0 N–H and O–H groups in total. The Balaban J connectivity index is 2.44. The second-order valence-corrected chi connectivity index (χ2v) is 3.14. The Morgan fingerprint density at radius 3 is 3.00 bits per heavy atom. The van der Waals surface area contributed by atoms with Crippen molar-refractivity contribution in [2.75, 3.05) is 13.2 Å². The van der Waals surface area contributed by atoms with Crippen LogP contribution < -0.4 is 0 Å². The van der Waals surface area contributed by atoms with Gasteiger partial charge in [0, 0.05) is 12.7 Å². The first-order chi connectivity index (χ1) is 6.24.